The van der Waals surface area contributed by atoms with Gasteiger partial charge in [0.1, 0.15) is 0 Å². The average molecular weight is 217 g/mol. The fourth-order valence-electron chi connectivity index (χ4n) is 1.51. The average Bonchev–Trinajstić information content (AvgIpc) is 2.28. The summed E-state index contributed by atoms with van der Waals surface area (Å²) in [5.41, 5.74) is 0.438. The van der Waals surface area contributed by atoms with Crippen LogP contribution in [0, 0.1) is 0 Å². The summed E-state index contributed by atoms with van der Waals surface area (Å²) in [5.74, 6) is -0.128. The molecule has 0 saturated heterocycles. The van der Waals surface area contributed by atoms with Crippen LogP contribution in [0.3, 0.4) is 0 Å². The number of aromatic amines is 1. The molecule has 1 heterocycles. The largest absolute Gasteiger partial charge is 0.351 e. The molecule has 2 aromatic rings. The molecule has 0 aliphatic heterocycles. The number of fused-ring (bicyclic) bond motifs is 1. The van der Waals surface area contributed by atoms with E-state index >= 15 is 0 Å². The molecule has 0 spiro atoms. The van der Waals surface area contributed by atoms with Crippen molar-refractivity contribution in [3.05, 3.63) is 40.3 Å². The first-order chi connectivity index (χ1) is 7.68. The molecule has 0 unspecified atom stereocenters. The Balaban J connectivity index is 2.50. The minimum atomic E-state index is -0.220. The van der Waals surface area contributed by atoms with Gasteiger partial charge in [0.15, 0.2) is 0 Å². The van der Waals surface area contributed by atoms with Crippen molar-refractivity contribution in [2.24, 2.45) is 0 Å². The molecule has 1 amide bonds. The molecule has 1 aromatic carbocycles. The van der Waals surface area contributed by atoms with Gasteiger partial charge < -0.3 is 5.32 Å². The predicted octanol–water partition coefficient (Wildman–Crippen LogP) is 0.559. The van der Waals surface area contributed by atoms with E-state index in [9.17, 15) is 9.59 Å². The second-order valence-corrected chi connectivity index (χ2v) is 3.45. The van der Waals surface area contributed by atoms with Crippen molar-refractivity contribution in [1.29, 1.82) is 0 Å². The minimum Gasteiger partial charge on any atom is -0.351 e. The number of carbonyl (C=O) groups excluding carboxylic acids is 1. The lowest BCUT2D eigenvalue weighted by atomic mass is 10.1. The second kappa shape index (κ2) is 4.14. The van der Waals surface area contributed by atoms with Gasteiger partial charge in [-0.15, -0.1) is 0 Å². The number of benzene rings is 1. The Hall–Kier alpha value is -2.17. The summed E-state index contributed by atoms with van der Waals surface area (Å²) in [5, 5.41) is 10.3. The lowest BCUT2D eigenvalue weighted by molar-refractivity contribution is -0.119. The van der Waals surface area contributed by atoms with Crippen molar-refractivity contribution in [1.82, 2.24) is 15.5 Å². The van der Waals surface area contributed by atoms with Crippen LogP contribution in [0.1, 0.15) is 12.6 Å². The zero-order valence-electron chi connectivity index (χ0n) is 8.78. The molecule has 0 atom stereocenters. The predicted molar refractivity (Wildman–Crippen MR) is 59.9 cm³/mol. The van der Waals surface area contributed by atoms with E-state index in [4.69, 9.17) is 0 Å². The first-order valence-corrected chi connectivity index (χ1v) is 4.89. The number of aromatic nitrogens is 2. The molecule has 0 aliphatic carbocycles. The van der Waals surface area contributed by atoms with Gasteiger partial charge in [0.05, 0.1) is 17.6 Å². The Kier molecular flexibility index (Phi) is 2.68. The molecule has 0 fully saturated rings. The highest BCUT2D eigenvalue weighted by Gasteiger charge is 2.05. The van der Waals surface area contributed by atoms with Gasteiger partial charge in [-0.05, 0) is 6.07 Å². The number of hydrogen-bond donors (Lipinski definition) is 2. The van der Waals surface area contributed by atoms with Crippen LogP contribution in [0.25, 0.3) is 10.8 Å². The van der Waals surface area contributed by atoms with Crippen LogP contribution in [-0.4, -0.2) is 16.1 Å². The topological polar surface area (TPSA) is 74.8 Å². The van der Waals surface area contributed by atoms with Crippen molar-refractivity contribution in [3.63, 3.8) is 0 Å². The zero-order chi connectivity index (χ0) is 11.5. The van der Waals surface area contributed by atoms with Crippen LogP contribution in [-0.2, 0) is 11.3 Å². The monoisotopic (exact) mass is 217 g/mol. The van der Waals surface area contributed by atoms with Crippen molar-refractivity contribution in [2.45, 2.75) is 13.5 Å². The summed E-state index contributed by atoms with van der Waals surface area (Å²) in [7, 11) is 0. The molecule has 2 rings (SSSR count). The number of carbonyl (C=O) groups is 1. The first kappa shape index (κ1) is 10.4. The van der Waals surface area contributed by atoms with Crippen LogP contribution in [0.4, 0.5) is 0 Å². The zero-order valence-corrected chi connectivity index (χ0v) is 8.78. The molecular weight excluding hydrogens is 206 g/mol. The summed E-state index contributed by atoms with van der Waals surface area (Å²) < 4.78 is 0. The van der Waals surface area contributed by atoms with Crippen LogP contribution in [0.2, 0.25) is 0 Å². The van der Waals surface area contributed by atoms with Gasteiger partial charge in [-0.1, -0.05) is 18.2 Å². The van der Waals surface area contributed by atoms with Crippen LogP contribution < -0.4 is 10.9 Å². The van der Waals surface area contributed by atoms with E-state index in [1.807, 2.05) is 12.1 Å². The summed E-state index contributed by atoms with van der Waals surface area (Å²) in [6.45, 7) is 1.75. The fraction of sp³-hybridized carbons (Fsp3) is 0.182. The van der Waals surface area contributed by atoms with Crippen LogP contribution >= 0.6 is 0 Å². The Labute approximate surface area is 91.5 Å². The Bertz CT molecular complexity index is 589. The van der Waals surface area contributed by atoms with Gasteiger partial charge in [0, 0.05) is 12.3 Å². The molecule has 16 heavy (non-hydrogen) atoms. The van der Waals surface area contributed by atoms with Gasteiger partial charge in [-0.2, -0.15) is 5.10 Å². The molecule has 2 N–H and O–H groups in total. The smallest absolute Gasteiger partial charge is 0.272 e. The van der Waals surface area contributed by atoms with Gasteiger partial charge in [0.25, 0.3) is 5.56 Å². The van der Waals surface area contributed by atoms with Gasteiger partial charge in [-0.25, -0.2) is 5.10 Å². The molecule has 0 radical (unpaired) electrons. The Morgan fingerprint density at radius 3 is 2.75 bits per heavy atom. The highest BCUT2D eigenvalue weighted by molar-refractivity contribution is 5.83. The lowest BCUT2D eigenvalue weighted by Crippen LogP contribution is -2.21. The first-order valence-electron chi connectivity index (χ1n) is 4.89. The maximum atomic E-state index is 11.5. The van der Waals surface area contributed by atoms with Crippen LogP contribution in [0.5, 0.6) is 0 Å². The molecule has 0 saturated carbocycles. The Morgan fingerprint density at radius 2 is 2.06 bits per heavy atom. The van der Waals surface area contributed by atoms with E-state index < -0.39 is 0 Å². The fourth-order valence-corrected chi connectivity index (χ4v) is 1.51. The van der Waals surface area contributed by atoms with Crippen molar-refractivity contribution < 1.29 is 4.79 Å². The van der Waals surface area contributed by atoms with E-state index in [2.05, 4.69) is 15.5 Å². The quantitative estimate of drug-likeness (QED) is 0.771. The second-order valence-electron chi connectivity index (χ2n) is 3.45. The number of amides is 1. The third-order valence-corrected chi connectivity index (χ3v) is 2.28. The number of hydrogen-bond acceptors (Lipinski definition) is 3. The van der Waals surface area contributed by atoms with Gasteiger partial charge in [-0.3, -0.25) is 9.59 Å². The molecule has 5 nitrogen and oxygen atoms in total. The molecule has 0 aliphatic rings. The van der Waals surface area contributed by atoms with E-state index in [0.717, 1.165) is 5.39 Å². The maximum absolute atomic E-state index is 11.5. The number of rotatable bonds is 2. The minimum absolute atomic E-state index is 0.128. The summed E-state index contributed by atoms with van der Waals surface area (Å²) in [6.07, 6.45) is 0. The molecular formula is C11H11N3O2. The third kappa shape index (κ3) is 1.93. The SMILES string of the molecule is CC(=O)NCc1n[nH]c(=O)c2ccccc12. The van der Waals surface area contributed by atoms with E-state index in [1.54, 1.807) is 12.1 Å². The molecule has 1 aromatic heterocycles. The van der Waals surface area contributed by atoms with Crippen molar-refractivity contribution in [2.75, 3.05) is 0 Å². The number of H-pyrrole nitrogens is 1. The number of nitrogens with zero attached hydrogens (tertiary/aromatic N) is 1. The molecule has 5 heteroatoms. The molecule has 0 bridgehead atoms. The maximum Gasteiger partial charge on any atom is 0.272 e. The summed E-state index contributed by atoms with van der Waals surface area (Å²) in [4.78, 5) is 22.3. The van der Waals surface area contributed by atoms with Crippen molar-refractivity contribution in [3.8, 4) is 0 Å². The van der Waals surface area contributed by atoms with Gasteiger partial charge in [0.2, 0.25) is 5.91 Å². The highest BCUT2D eigenvalue weighted by Crippen LogP contribution is 2.11. The van der Waals surface area contributed by atoms with E-state index in [1.165, 1.54) is 6.92 Å². The highest BCUT2D eigenvalue weighted by atomic mass is 16.1. The van der Waals surface area contributed by atoms with E-state index in [0.29, 0.717) is 17.6 Å². The van der Waals surface area contributed by atoms with Gasteiger partial charge >= 0.3 is 0 Å². The molecule has 82 valence electrons. The standard InChI is InChI=1S/C11H11N3O2/c1-7(15)12-6-10-8-4-2-3-5-9(8)11(16)14-13-10/h2-5H,6H2,1H3,(H,12,15)(H,14,16). The lowest BCUT2D eigenvalue weighted by Gasteiger charge is -2.04. The number of nitrogens with one attached hydrogen (secondary N) is 2. The third-order valence-electron chi connectivity index (χ3n) is 2.28. The van der Waals surface area contributed by atoms with Crippen LogP contribution in [0.15, 0.2) is 29.1 Å². The van der Waals surface area contributed by atoms with E-state index in [-0.39, 0.29) is 11.5 Å². The summed E-state index contributed by atoms with van der Waals surface area (Å²) in [6, 6.07) is 7.17. The summed E-state index contributed by atoms with van der Waals surface area (Å²) >= 11 is 0. The Morgan fingerprint density at radius 1 is 1.38 bits per heavy atom. The van der Waals surface area contributed by atoms with Crippen molar-refractivity contribution >= 4 is 16.7 Å². The normalized spacial score (nSPS) is 10.3.